The van der Waals surface area contributed by atoms with Crippen molar-refractivity contribution in [1.29, 1.82) is 0 Å². The van der Waals surface area contributed by atoms with Gasteiger partial charge < -0.3 is 12.4 Å². The Kier molecular flexibility index (Phi) is 3.61. The van der Waals surface area contributed by atoms with E-state index in [0.717, 1.165) is 0 Å². The largest absolute Gasteiger partial charge is 1.00 e. The number of halogens is 1. The van der Waals surface area contributed by atoms with E-state index >= 15 is 0 Å². The summed E-state index contributed by atoms with van der Waals surface area (Å²) in [5, 5.41) is 0. The molecule has 0 nitrogen and oxygen atoms in total. The fourth-order valence-corrected chi connectivity index (χ4v) is 4.96. The van der Waals surface area contributed by atoms with Crippen LogP contribution in [0.3, 0.4) is 0 Å². The molecule has 0 amide bonds. The van der Waals surface area contributed by atoms with Crippen LogP contribution in [0.25, 0.3) is 0 Å². The van der Waals surface area contributed by atoms with Gasteiger partial charge in [-0.2, -0.15) is 0 Å². The van der Waals surface area contributed by atoms with E-state index in [4.69, 9.17) is 0 Å². The van der Waals surface area contributed by atoms with Gasteiger partial charge in [0.2, 0.25) is 0 Å². The van der Waals surface area contributed by atoms with Crippen LogP contribution >= 0.6 is 0 Å². The molecule has 0 bridgehead atoms. The lowest BCUT2D eigenvalue weighted by Crippen LogP contribution is -3.00. The van der Waals surface area contributed by atoms with Crippen molar-refractivity contribution in [3.63, 3.8) is 0 Å². The maximum atomic E-state index is 2.36. The molecule has 0 unspecified atom stereocenters. The van der Waals surface area contributed by atoms with Crippen molar-refractivity contribution in [1.82, 2.24) is 0 Å². The van der Waals surface area contributed by atoms with Gasteiger partial charge in [0.15, 0.2) is 9.81 Å². The van der Waals surface area contributed by atoms with Gasteiger partial charge in [0.25, 0.3) is 0 Å². The van der Waals surface area contributed by atoms with Gasteiger partial charge in [-0.1, -0.05) is 41.5 Å². The number of hydrogen-bond donors (Lipinski definition) is 0. The molecule has 1 aliphatic rings. The summed E-state index contributed by atoms with van der Waals surface area (Å²) in [5.41, 5.74) is 0.806. The Morgan fingerprint density at radius 2 is 1.00 bits per heavy atom. The minimum atomic E-state index is 0. The lowest BCUT2D eigenvalue weighted by Gasteiger charge is -2.08. The van der Waals surface area contributed by atoms with E-state index in [2.05, 4.69) is 47.8 Å². The minimum Gasteiger partial charge on any atom is -1.00 e. The second-order valence-electron chi connectivity index (χ2n) is 5.67. The third-order valence-corrected chi connectivity index (χ3v) is 4.79. The summed E-state index contributed by atoms with van der Waals surface area (Å²) in [6.45, 7) is 13.9. The smallest absolute Gasteiger partial charge is 0.193 e. The molecule has 0 aromatic heterocycles. The van der Waals surface area contributed by atoms with Crippen LogP contribution in [0, 0.1) is 10.8 Å². The molecule has 0 aromatic carbocycles. The van der Waals surface area contributed by atoms with Gasteiger partial charge in [0.05, 0.1) is 10.9 Å². The summed E-state index contributed by atoms with van der Waals surface area (Å²) in [6, 6.07) is 0. The quantitative estimate of drug-likeness (QED) is 0.524. The van der Waals surface area contributed by atoms with Crippen molar-refractivity contribution >= 4 is 10.9 Å². The standard InChI is InChI=1S/C11H21S.ClH/c1-10(2,3)8-9(12(8)7)11(4,5)6;/h1-7H3;1H/q+1;/p-1. The van der Waals surface area contributed by atoms with Crippen LogP contribution < -0.4 is 12.4 Å². The lowest BCUT2D eigenvalue weighted by atomic mass is 9.89. The first kappa shape index (κ1) is 13.4. The Hall–Kier alpha value is 0.380. The Balaban J connectivity index is 0.00000144. The van der Waals surface area contributed by atoms with E-state index in [-0.39, 0.29) is 12.4 Å². The Morgan fingerprint density at radius 1 is 0.769 bits per heavy atom. The highest BCUT2D eigenvalue weighted by molar-refractivity contribution is 8.10. The van der Waals surface area contributed by atoms with E-state index in [1.54, 1.807) is 9.81 Å². The second-order valence-corrected chi connectivity index (χ2v) is 7.51. The van der Waals surface area contributed by atoms with Crippen LogP contribution in [0.4, 0.5) is 0 Å². The molecule has 2 heteroatoms. The first-order valence-corrected chi connectivity index (χ1v) is 6.20. The molecule has 0 spiro atoms. The zero-order chi connectivity index (χ0) is 9.73. The number of rotatable bonds is 0. The number of hydrogen-bond acceptors (Lipinski definition) is 0. The summed E-state index contributed by atoms with van der Waals surface area (Å²) < 4.78 is 0. The summed E-state index contributed by atoms with van der Waals surface area (Å²) in [4.78, 5) is 3.44. The molecule has 1 aliphatic heterocycles. The molecule has 0 fully saturated rings. The highest BCUT2D eigenvalue weighted by Gasteiger charge is 2.58. The predicted molar refractivity (Wildman–Crippen MR) is 59.2 cm³/mol. The summed E-state index contributed by atoms with van der Waals surface area (Å²) in [6.07, 6.45) is 2.36. The predicted octanol–water partition coefficient (Wildman–Crippen LogP) is 0.556. The van der Waals surface area contributed by atoms with Gasteiger partial charge in [-0.15, -0.1) is 0 Å². The topological polar surface area (TPSA) is 0 Å². The third-order valence-electron chi connectivity index (χ3n) is 2.14. The third kappa shape index (κ3) is 2.66. The van der Waals surface area contributed by atoms with Gasteiger partial charge in [-0.25, -0.2) is 0 Å². The zero-order valence-electron chi connectivity index (χ0n) is 9.79. The van der Waals surface area contributed by atoms with Crippen molar-refractivity contribution in [2.75, 3.05) is 6.26 Å². The molecular formula is C11H21ClS. The molecule has 0 radical (unpaired) electrons. The molecule has 0 saturated heterocycles. The van der Waals surface area contributed by atoms with Crippen molar-refractivity contribution in [3.05, 3.63) is 9.81 Å². The van der Waals surface area contributed by atoms with Crippen LogP contribution in [0.2, 0.25) is 0 Å². The Bertz CT molecular complexity index is 203. The average molecular weight is 221 g/mol. The van der Waals surface area contributed by atoms with Crippen LogP contribution in [-0.4, -0.2) is 6.26 Å². The van der Waals surface area contributed by atoms with Gasteiger partial charge >= 0.3 is 0 Å². The van der Waals surface area contributed by atoms with Crippen LogP contribution in [-0.2, 0) is 10.9 Å². The molecule has 78 valence electrons. The average Bonchev–Trinajstić information content (AvgIpc) is 2.35. The lowest BCUT2D eigenvalue weighted by molar-refractivity contribution is -0.00000360. The van der Waals surface area contributed by atoms with E-state index in [1.807, 2.05) is 0 Å². The normalized spacial score (nSPS) is 18.7. The molecule has 1 heterocycles. The SMILES string of the molecule is C[S+]1C(C(C)(C)C)=C1C(C)(C)C.[Cl-]. The molecule has 0 aliphatic carbocycles. The van der Waals surface area contributed by atoms with E-state index in [0.29, 0.717) is 21.7 Å². The monoisotopic (exact) mass is 220 g/mol. The van der Waals surface area contributed by atoms with Gasteiger partial charge in [-0.05, 0) is 0 Å². The van der Waals surface area contributed by atoms with Crippen LogP contribution in [0.5, 0.6) is 0 Å². The van der Waals surface area contributed by atoms with E-state index in [9.17, 15) is 0 Å². The molecule has 0 atom stereocenters. The fourth-order valence-electron chi connectivity index (χ4n) is 1.82. The van der Waals surface area contributed by atoms with Crippen LogP contribution in [0.15, 0.2) is 9.81 Å². The first-order valence-electron chi connectivity index (χ1n) is 4.57. The Morgan fingerprint density at radius 3 is 1.08 bits per heavy atom. The molecule has 1 rings (SSSR count). The maximum Gasteiger partial charge on any atom is 0.193 e. The van der Waals surface area contributed by atoms with Crippen molar-refractivity contribution in [3.8, 4) is 0 Å². The van der Waals surface area contributed by atoms with E-state index in [1.165, 1.54) is 0 Å². The first-order chi connectivity index (χ1) is 5.15. The summed E-state index contributed by atoms with van der Waals surface area (Å²) >= 11 is 0. The highest BCUT2D eigenvalue weighted by atomic mass is 35.5. The van der Waals surface area contributed by atoms with Crippen LogP contribution in [0.1, 0.15) is 41.5 Å². The van der Waals surface area contributed by atoms with E-state index < -0.39 is 0 Å². The van der Waals surface area contributed by atoms with Crippen molar-refractivity contribution < 1.29 is 12.4 Å². The molecule has 0 saturated carbocycles. The Labute approximate surface area is 91.9 Å². The number of allylic oxidation sites excluding steroid dienone is 2. The molecule has 13 heavy (non-hydrogen) atoms. The highest BCUT2D eigenvalue weighted by Crippen LogP contribution is 2.55. The molecular weight excluding hydrogens is 200 g/mol. The van der Waals surface area contributed by atoms with Gasteiger partial charge in [0.1, 0.15) is 6.26 Å². The second kappa shape index (κ2) is 3.51. The minimum absolute atomic E-state index is 0. The van der Waals surface area contributed by atoms with Gasteiger partial charge in [0, 0.05) is 10.8 Å². The van der Waals surface area contributed by atoms with Crippen molar-refractivity contribution in [2.45, 2.75) is 41.5 Å². The van der Waals surface area contributed by atoms with Gasteiger partial charge in [-0.3, -0.25) is 0 Å². The summed E-state index contributed by atoms with van der Waals surface area (Å²) in [7, 11) is 0.508. The molecule has 0 N–H and O–H groups in total. The maximum absolute atomic E-state index is 2.36. The zero-order valence-corrected chi connectivity index (χ0v) is 11.4. The fraction of sp³-hybridized carbons (Fsp3) is 0.818. The molecule has 0 aromatic rings. The van der Waals surface area contributed by atoms with Crippen molar-refractivity contribution in [2.24, 2.45) is 10.8 Å². The summed E-state index contributed by atoms with van der Waals surface area (Å²) in [5.74, 6) is 0.